The van der Waals surface area contributed by atoms with E-state index in [2.05, 4.69) is 74.9 Å². The van der Waals surface area contributed by atoms with Gasteiger partial charge in [-0.2, -0.15) is 0 Å². The van der Waals surface area contributed by atoms with Crippen LogP contribution in [-0.4, -0.2) is 0 Å². The lowest BCUT2D eigenvalue weighted by atomic mass is 9.97. The first-order valence-corrected chi connectivity index (χ1v) is 8.82. The Kier molecular flexibility index (Phi) is 4.48. The molecule has 0 aromatic heterocycles. The van der Waals surface area contributed by atoms with Gasteiger partial charge in [0.2, 0.25) is 0 Å². The van der Waals surface area contributed by atoms with Crippen molar-refractivity contribution in [1.82, 2.24) is 0 Å². The monoisotopic (exact) mass is 441 g/mol. The maximum absolute atomic E-state index is 6.41. The van der Waals surface area contributed by atoms with Crippen molar-refractivity contribution in [2.45, 2.75) is 31.7 Å². The van der Waals surface area contributed by atoms with Gasteiger partial charge in [-0.05, 0) is 88.7 Å². The third kappa shape index (κ3) is 3.10. The fourth-order valence-electron chi connectivity index (χ4n) is 2.91. The molecule has 0 fully saturated rings. The van der Waals surface area contributed by atoms with Crippen molar-refractivity contribution in [3.63, 3.8) is 0 Å². The summed E-state index contributed by atoms with van der Waals surface area (Å²) in [5.41, 5.74) is 12.0. The average Bonchev–Trinajstić information content (AvgIpc) is 2.89. The van der Waals surface area contributed by atoms with E-state index in [1.807, 2.05) is 0 Å². The van der Waals surface area contributed by atoms with Crippen LogP contribution in [0, 0.1) is 3.57 Å². The van der Waals surface area contributed by atoms with Gasteiger partial charge in [-0.3, -0.25) is 0 Å². The van der Waals surface area contributed by atoms with Crippen LogP contribution >= 0.6 is 38.5 Å². The Bertz CT molecular complexity index is 639. The van der Waals surface area contributed by atoms with Gasteiger partial charge in [-0.25, -0.2) is 0 Å². The zero-order chi connectivity index (χ0) is 14.1. The van der Waals surface area contributed by atoms with Gasteiger partial charge in [0.25, 0.3) is 0 Å². The van der Waals surface area contributed by atoms with Gasteiger partial charge in [0.1, 0.15) is 0 Å². The summed E-state index contributed by atoms with van der Waals surface area (Å²) in [7, 11) is 0. The molecule has 0 radical (unpaired) electrons. The number of rotatable bonds is 3. The second-order valence-electron chi connectivity index (χ2n) is 5.43. The number of aryl methyl sites for hydroxylation is 2. The Hall–Kier alpha value is -0.390. The van der Waals surface area contributed by atoms with Crippen LogP contribution in [0.2, 0.25) is 0 Å². The van der Waals surface area contributed by atoms with Crippen LogP contribution in [0.25, 0.3) is 0 Å². The molecular formula is C17H17BrIN. The molecule has 0 bridgehead atoms. The van der Waals surface area contributed by atoms with Crippen LogP contribution < -0.4 is 5.73 Å². The van der Waals surface area contributed by atoms with E-state index in [1.165, 1.54) is 45.1 Å². The van der Waals surface area contributed by atoms with Crippen LogP contribution in [0.1, 0.15) is 34.7 Å². The van der Waals surface area contributed by atoms with Crippen LogP contribution in [0.5, 0.6) is 0 Å². The summed E-state index contributed by atoms with van der Waals surface area (Å²) < 4.78 is 2.33. The Balaban J connectivity index is 1.82. The Morgan fingerprint density at radius 1 is 1.10 bits per heavy atom. The SMILES string of the molecule is NC(Cc1ccc2c(c1)CCC2)c1cc(I)ccc1Br. The standard InChI is InChI=1S/C17H17BrIN/c18-16-7-6-14(19)10-15(16)17(20)9-11-4-5-12-2-1-3-13(12)8-11/h4-8,10,17H,1-3,9,20H2. The molecule has 2 aromatic carbocycles. The summed E-state index contributed by atoms with van der Waals surface area (Å²) in [5.74, 6) is 0. The normalized spacial score (nSPS) is 15.2. The van der Waals surface area contributed by atoms with E-state index in [-0.39, 0.29) is 6.04 Å². The van der Waals surface area contributed by atoms with Gasteiger partial charge in [-0.15, -0.1) is 0 Å². The Morgan fingerprint density at radius 3 is 2.75 bits per heavy atom. The van der Waals surface area contributed by atoms with E-state index in [0.717, 1.165) is 10.9 Å². The van der Waals surface area contributed by atoms with E-state index in [4.69, 9.17) is 5.73 Å². The summed E-state index contributed by atoms with van der Waals surface area (Å²) >= 11 is 5.94. The summed E-state index contributed by atoms with van der Waals surface area (Å²) in [5, 5.41) is 0. The van der Waals surface area contributed by atoms with Crippen molar-refractivity contribution >= 4 is 38.5 Å². The van der Waals surface area contributed by atoms with Gasteiger partial charge < -0.3 is 5.73 Å². The first-order valence-electron chi connectivity index (χ1n) is 6.94. The molecule has 0 spiro atoms. The molecular weight excluding hydrogens is 425 g/mol. The van der Waals surface area contributed by atoms with Gasteiger partial charge >= 0.3 is 0 Å². The van der Waals surface area contributed by atoms with Crippen molar-refractivity contribution in [1.29, 1.82) is 0 Å². The lowest BCUT2D eigenvalue weighted by molar-refractivity contribution is 0.717. The molecule has 0 heterocycles. The highest BCUT2D eigenvalue weighted by molar-refractivity contribution is 14.1. The minimum absolute atomic E-state index is 0.0403. The molecule has 0 amide bonds. The van der Waals surface area contributed by atoms with E-state index >= 15 is 0 Å². The molecule has 0 saturated heterocycles. The predicted molar refractivity (Wildman–Crippen MR) is 96.0 cm³/mol. The minimum atomic E-state index is 0.0403. The molecule has 3 heteroatoms. The number of benzene rings is 2. The maximum Gasteiger partial charge on any atom is 0.0347 e. The largest absolute Gasteiger partial charge is 0.324 e. The second kappa shape index (κ2) is 6.16. The number of nitrogens with two attached hydrogens (primary N) is 1. The zero-order valence-corrected chi connectivity index (χ0v) is 14.9. The van der Waals surface area contributed by atoms with Crippen molar-refractivity contribution in [2.24, 2.45) is 5.73 Å². The highest BCUT2D eigenvalue weighted by Gasteiger charge is 2.14. The first-order chi connectivity index (χ1) is 9.63. The molecule has 2 N–H and O–H groups in total. The zero-order valence-electron chi connectivity index (χ0n) is 11.2. The molecule has 2 aromatic rings. The fourth-order valence-corrected chi connectivity index (χ4v) is 3.97. The third-order valence-electron chi connectivity index (χ3n) is 3.98. The molecule has 1 unspecified atom stereocenters. The van der Waals surface area contributed by atoms with Crippen LogP contribution in [0.4, 0.5) is 0 Å². The molecule has 20 heavy (non-hydrogen) atoms. The lowest BCUT2D eigenvalue weighted by Crippen LogP contribution is -2.14. The molecule has 0 saturated carbocycles. The number of fused-ring (bicyclic) bond motifs is 1. The smallest absolute Gasteiger partial charge is 0.0347 e. The van der Waals surface area contributed by atoms with Crippen molar-refractivity contribution in [3.05, 3.63) is 66.7 Å². The fraction of sp³-hybridized carbons (Fsp3) is 0.294. The highest BCUT2D eigenvalue weighted by Crippen LogP contribution is 2.28. The van der Waals surface area contributed by atoms with Crippen LogP contribution in [0.3, 0.4) is 0 Å². The molecule has 1 nitrogen and oxygen atoms in total. The molecule has 1 aliphatic rings. The summed E-state index contributed by atoms with van der Waals surface area (Å²) in [6.07, 6.45) is 4.66. The summed E-state index contributed by atoms with van der Waals surface area (Å²) in [4.78, 5) is 0. The van der Waals surface area contributed by atoms with Crippen molar-refractivity contribution in [2.75, 3.05) is 0 Å². The summed E-state index contributed by atoms with van der Waals surface area (Å²) in [6.45, 7) is 0. The van der Waals surface area contributed by atoms with E-state index in [1.54, 1.807) is 0 Å². The summed E-state index contributed by atoms with van der Waals surface area (Å²) in [6, 6.07) is 13.3. The predicted octanol–water partition coefficient (Wildman–Crippen LogP) is 4.78. The lowest BCUT2D eigenvalue weighted by Gasteiger charge is -2.15. The first kappa shape index (κ1) is 14.5. The molecule has 1 atom stereocenters. The van der Waals surface area contributed by atoms with E-state index < -0.39 is 0 Å². The van der Waals surface area contributed by atoms with Crippen molar-refractivity contribution in [3.8, 4) is 0 Å². The van der Waals surface area contributed by atoms with Crippen molar-refractivity contribution < 1.29 is 0 Å². The molecule has 0 aliphatic heterocycles. The number of hydrogen-bond donors (Lipinski definition) is 1. The molecule has 3 rings (SSSR count). The van der Waals surface area contributed by atoms with Gasteiger partial charge in [0.05, 0.1) is 0 Å². The minimum Gasteiger partial charge on any atom is -0.324 e. The number of hydrogen-bond acceptors (Lipinski definition) is 1. The average molecular weight is 442 g/mol. The third-order valence-corrected chi connectivity index (χ3v) is 5.37. The molecule has 104 valence electrons. The Morgan fingerprint density at radius 2 is 1.90 bits per heavy atom. The number of halogens is 2. The quantitative estimate of drug-likeness (QED) is 0.681. The maximum atomic E-state index is 6.41. The second-order valence-corrected chi connectivity index (χ2v) is 7.53. The van der Waals surface area contributed by atoms with Gasteiger partial charge in [-0.1, -0.05) is 34.1 Å². The molecule has 1 aliphatic carbocycles. The topological polar surface area (TPSA) is 26.0 Å². The van der Waals surface area contributed by atoms with E-state index in [0.29, 0.717) is 0 Å². The van der Waals surface area contributed by atoms with Crippen LogP contribution in [-0.2, 0) is 19.3 Å². The Labute approximate surface area is 142 Å². The van der Waals surface area contributed by atoms with Gasteiger partial charge in [0, 0.05) is 14.1 Å². The van der Waals surface area contributed by atoms with Crippen LogP contribution in [0.15, 0.2) is 40.9 Å². The highest BCUT2D eigenvalue weighted by atomic mass is 127. The van der Waals surface area contributed by atoms with Gasteiger partial charge in [0.15, 0.2) is 0 Å². The van der Waals surface area contributed by atoms with E-state index in [9.17, 15) is 0 Å².